The summed E-state index contributed by atoms with van der Waals surface area (Å²) in [4.78, 5) is 3.34. The molecule has 4 aromatic rings. The van der Waals surface area contributed by atoms with E-state index in [9.17, 15) is 0 Å². The molecule has 0 aliphatic heterocycles. The van der Waals surface area contributed by atoms with Gasteiger partial charge in [0.15, 0.2) is 0 Å². The lowest BCUT2D eigenvalue weighted by Gasteiger charge is -2.08. The summed E-state index contributed by atoms with van der Waals surface area (Å²) in [6, 6.07) is 16.5. The van der Waals surface area contributed by atoms with Gasteiger partial charge in [0.05, 0.1) is 13.7 Å². The summed E-state index contributed by atoms with van der Waals surface area (Å²) in [5.74, 6) is 1.89. The van der Waals surface area contributed by atoms with Crippen molar-refractivity contribution in [2.24, 2.45) is 0 Å². The first-order valence-electron chi connectivity index (χ1n) is 8.88. The SMILES string of the molecule is COc1cccc(Cn2cnnc2CCCc2c[nH]c3ccccc23)c1. The first-order valence-corrected chi connectivity index (χ1v) is 8.88. The molecular formula is C21H22N4O. The molecule has 5 heteroatoms. The lowest BCUT2D eigenvalue weighted by molar-refractivity contribution is 0.414. The van der Waals surface area contributed by atoms with Gasteiger partial charge < -0.3 is 14.3 Å². The highest BCUT2D eigenvalue weighted by Gasteiger charge is 2.08. The lowest BCUT2D eigenvalue weighted by atomic mass is 10.1. The van der Waals surface area contributed by atoms with Crippen LogP contribution in [0.4, 0.5) is 0 Å². The Bertz CT molecular complexity index is 1000. The molecule has 0 bridgehead atoms. The van der Waals surface area contributed by atoms with Gasteiger partial charge in [-0.1, -0.05) is 30.3 Å². The maximum atomic E-state index is 5.30. The third-order valence-corrected chi connectivity index (χ3v) is 4.70. The first kappa shape index (κ1) is 16.4. The van der Waals surface area contributed by atoms with Gasteiger partial charge >= 0.3 is 0 Å². The minimum Gasteiger partial charge on any atom is -0.497 e. The molecule has 0 aliphatic carbocycles. The topological polar surface area (TPSA) is 55.7 Å². The Labute approximate surface area is 152 Å². The summed E-state index contributed by atoms with van der Waals surface area (Å²) >= 11 is 0. The number of fused-ring (bicyclic) bond motifs is 1. The number of ether oxygens (including phenoxy) is 1. The van der Waals surface area contributed by atoms with E-state index in [-0.39, 0.29) is 0 Å². The van der Waals surface area contributed by atoms with Gasteiger partial charge in [-0.15, -0.1) is 10.2 Å². The number of nitrogens with zero attached hydrogens (tertiary/aromatic N) is 3. The Kier molecular flexibility index (Phi) is 4.69. The van der Waals surface area contributed by atoms with Gasteiger partial charge in [-0.3, -0.25) is 0 Å². The van der Waals surface area contributed by atoms with Crippen molar-refractivity contribution in [2.75, 3.05) is 7.11 Å². The predicted octanol–water partition coefficient (Wildman–Crippen LogP) is 3.99. The van der Waals surface area contributed by atoms with Gasteiger partial charge in [0.25, 0.3) is 0 Å². The van der Waals surface area contributed by atoms with Crippen molar-refractivity contribution < 1.29 is 4.74 Å². The van der Waals surface area contributed by atoms with Gasteiger partial charge in [0.2, 0.25) is 0 Å². The molecule has 2 aromatic carbocycles. The van der Waals surface area contributed by atoms with Crippen LogP contribution in [-0.2, 0) is 19.4 Å². The van der Waals surface area contributed by atoms with Crippen molar-refractivity contribution in [3.8, 4) is 5.75 Å². The molecule has 0 unspecified atom stereocenters. The van der Waals surface area contributed by atoms with E-state index in [1.165, 1.54) is 22.0 Å². The molecule has 132 valence electrons. The van der Waals surface area contributed by atoms with E-state index in [0.29, 0.717) is 0 Å². The van der Waals surface area contributed by atoms with Crippen LogP contribution in [0.5, 0.6) is 5.75 Å². The first-order chi connectivity index (χ1) is 12.8. The summed E-state index contributed by atoms with van der Waals surface area (Å²) in [6.07, 6.45) is 6.89. The minimum absolute atomic E-state index is 0.757. The molecular weight excluding hydrogens is 324 g/mol. The summed E-state index contributed by atoms with van der Waals surface area (Å²) in [7, 11) is 1.69. The Hall–Kier alpha value is -3.08. The van der Waals surface area contributed by atoms with Gasteiger partial charge in [-0.05, 0) is 42.2 Å². The summed E-state index contributed by atoms with van der Waals surface area (Å²) < 4.78 is 7.42. The standard InChI is InChI=1S/C21H22N4O/c1-26-18-8-4-6-16(12-18)14-25-15-23-24-21(25)11-5-7-17-13-22-20-10-3-2-9-19(17)20/h2-4,6,8-10,12-13,15,22H,5,7,11,14H2,1H3. The van der Waals surface area contributed by atoms with Crippen LogP contribution in [0.2, 0.25) is 0 Å². The van der Waals surface area contributed by atoms with Crippen LogP contribution < -0.4 is 4.74 Å². The summed E-state index contributed by atoms with van der Waals surface area (Å²) in [5, 5.41) is 9.72. The van der Waals surface area contributed by atoms with E-state index in [0.717, 1.165) is 37.4 Å². The van der Waals surface area contributed by atoms with Crippen LogP contribution >= 0.6 is 0 Å². The number of hydrogen-bond acceptors (Lipinski definition) is 3. The second-order valence-corrected chi connectivity index (χ2v) is 6.44. The molecule has 26 heavy (non-hydrogen) atoms. The Morgan fingerprint density at radius 2 is 2.00 bits per heavy atom. The van der Waals surface area contributed by atoms with Crippen molar-refractivity contribution in [3.63, 3.8) is 0 Å². The number of H-pyrrole nitrogens is 1. The van der Waals surface area contributed by atoms with Crippen molar-refractivity contribution in [2.45, 2.75) is 25.8 Å². The van der Waals surface area contributed by atoms with Gasteiger partial charge in [-0.25, -0.2) is 0 Å². The molecule has 0 radical (unpaired) electrons. The van der Waals surface area contributed by atoms with Crippen molar-refractivity contribution >= 4 is 10.9 Å². The van der Waals surface area contributed by atoms with Crippen molar-refractivity contribution in [1.29, 1.82) is 0 Å². The van der Waals surface area contributed by atoms with Crippen LogP contribution in [0.3, 0.4) is 0 Å². The monoisotopic (exact) mass is 346 g/mol. The molecule has 0 saturated carbocycles. The third-order valence-electron chi connectivity index (χ3n) is 4.70. The summed E-state index contributed by atoms with van der Waals surface area (Å²) in [5.41, 5.74) is 3.74. The normalized spacial score (nSPS) is 11.1. The molecule has 1 N–H and O–H groups in total. The van der Waals surface area contributed by atoms with E-state index >= 15 is 0 Å². The Morgan fingerprint density at radius 1 is 1.08 bits per heavy atom. The molecule has 0 fully saturated rings. The minimum atomic E-state index is 0.757. The molecule has 2 aromatic heterocycles. The fourth-order valence-corrected chi connectivity index (χ4v) is 3.35. The van der Waals surface area contributed by atoms with Crippen LogP contribution in [-0.4, -0.2) is 26.9 Å². The number of aryl methyl sites for hydroxylation is 2. The number of aromatic nitrogens is 4. The van der Waals surface area contributed by atoms with Crippen molar-refractivity contribution in [1.82, 2.24) is 19.7 Å². The fourth-order valence-electron chi connectivity index (χ4n) is 3.35. The van der Waals surface area contributed by atoms with E-state index < -0.39 is 0 Å². The number of hydrogen-bond donors (Lipinski definition) is 1. The molecule has 2 heterocycles. The number of rotatable bonds is 7. The van der Waals surface area contributed by atoms with Gasteiger partial charge in [-0.2, -0.15) is 0 Å². The lowest BCUT2D eigenvalue weighted by Crippen LogP contribution is -2.05. The fraction of sp³-hybridized carbons (Fsp3) is 0.238. The van der Waals surface area contributed by atoms with Gasteiger partial charge in [0.1, 0.15) is 17.9 Å². The van der Waals surface area contributed by atoms with Crippen LogP contribution in [0.15, 0.2) is 61.1 Å². The summed E-state index contributed by atoms with van der Waals surface area (Å²) in [6.45, 7) is 0.757. The number of aromatic amines is 1. The molecule has 5 nitrogen and oxygen atoms in total. The van der Waals surface area contributed by atoms with E-state index in [2.05, 4.69) is 62.3 Å². The second-order valence-electron chi connectivity index (χ2n) is 6.44. The molecule has 0 spiro atoms. The number of para-hydroxylation sites is 1. The third kappa shape index (κ3) is 3.47. The van der Waals surface area contributed by atoms with Crippen LogP contribution in [0.1, 0.15) is 23.4 Å². The maximum Gasteiger partial charge on any atom is 0.133 e. The average molecular weight is 346 g/mol. The number of nitrogens with one attached hydrogen (secondary N) is 1. The van der Waals surface area contributed by atoms with E-state index in [4.69, 9.17) is 4.74 Å². The molecule has 4 rings (SSSR count). The number of benzene rings is 2. The average Bonchev–Trinajstić information content (AvgIpc) is 3.29. The highest BCUT2D eigenvalue weighted by molar-refractivity contribution is 5.82. The van der Waals surface area contributed by atoms with Crippen molar-refractivity contribution in [3.05, 3.63) is 78.0 Å². The van der Waals surface area contributed by atoms with E-state index in [1.54, 1.807) is 13.4 Å². The maximum absolute atomic E-state index is 5.30. The van der Waals surface area contributed by atoms with Gasteiger partial charge in [0, 0.05) is 23.5 Å². The second kappa shape index (κ2) is 7.44. The molecule has 0 aliphatic rings. The number of methoxy groups -OCH3 is 1. The van der Waals surface area contributed by atoms with Crippen LogP contribution in [0, 0.1) is 0 Å². The highest BCUT2D eigenvalue weighted by Crippen LogP contribution is 2.20. The zero-order chi connectivity index (χ0) is 17.8. The quantitative estimate of drug-likeness (QED) is 0.550. The predicted molar refractivity (Wildman–Crippen MR) is 102 cm³/mol. The largest absolute Gasteiger partial charge is 0.497 e. The highest BCUT2D eigenvalue weighted by atomic mass is 16.5. The van der Waals surface area contributed by atoms with E-state index in [1.807, 2.05) is 12.1 Å². The van der Waals surface area contributed by atoms with Crippen LogP contribution in [0.25, 0.3) is 10.9 Å². The zero-order valence-electron chi connectivity index (χ0n) is 14.9. The Balaban J connectivity index is 1.41. The molecule has 0 amide bonds. The molecule has 0 saturated heterocycles. The molecule has 0 atom stereocenters. The smallest absolute Gasteiger partial charge is 0.133 e. The zero-order valence-corrected chi connectivity index (χ0v) is 14.9. The Morgan fingerprint density at radius 3 is 2.92 bits per heavy atom.